The molecular weight excluding hydrogens is 202 g/mol. The Labute approximate surface area is 96.4 Å². The Morgan fingerprint density at radius 2 is 2.00 bits per heavy atom. The summed E-state index contributed by atoms with van der Waals surface area (Å²) in [7, 11) is 0. The summed E-state index contributed by atoms with van der Waals surface area (Å²) in [6.45, 7) is 7.97. The number of rotatable bonds is 2. The van der Waals surface area contributed by atoms with Crippen LogP contribution in [0.1, 0.15) is 41.5 Å². The van der Waals surface area contributed by atoms with Gasteiger partial charge in [0.25, 0.3) is 0 Å². The Bertz CT molecular complexity index is 400. The van der Waals surface area contributed by atoms with Gasteiger partial charge in [-0.1, -0.05) is 0 Å². The largest absolute Gasteiger partial charge is 0.381 e. The number of aryl methyl sites for hydroxylation is 1. The number of hydrogen-bond donors (Lipinski definition) is 0. The summed E-state index contributed by atoms with van der Waals surface area (Å²) < 4.78 is 7.72. The highest BCUT2D eigenvalue weighted by Gasteiger charge is 2.31. The molecule has 0 aliphatic carbocycles. The molecule has 0 saturated carbocycles. The van der Waals surface area contributed by atoms with Crippen LogP contribution in [0.5, 0.6) is 0 Å². The molecule has 1 aliphatic heterocycles. The van der Waals surface area contributed by atoms with E-state index in [9.17, 15) is 4.79 Å². The van der Waals surface area contributed by atoms with E-state index < -0.39 is 0 Å². The second-order valence-electron chi connectivity index (χ2n) is 4.89. The topological polar surface area (TPSA) is 31.2 Å². The first-order chi connectivity index (χ1) is 7.58. The van der Waals surface area contributed by atoms with E-state index in [1.54, 1.807) is 0 Å². The van der Waals surface area contributed by atoms with Gasteiger partial charge in [0, 0.05) is 35.7 Å². The molecule has 0 unspecified atom stereocenters. The first-order valence-corrected chi connectivity index (χ1v) is 5.81. The van der Waals surface area contributed by atoms with Crippen molar-refractivity contribution in [2.24, 2.45) is 0 Å². The van der Waals surface area contributed by atoms with Crippen molar-refractivity contribution in [2.45, 2.75) is 39.2 Å². The summed E-state index contributed by atoms with van der Waals surface area (Å²) in [5.74, 6) is 0. The van der Waals surface area contributed by atoms with Crippen molar-refractivity contribution in [3.05, 3.63) is 23.0 Å². The lowest BCUT2D eigenvalue weighted by atomic mass is 9.91. The fourth-order valence-corrected chi connectivity index (χ4v) is 2.77. The fourth-order valence-electron chi connectivity index (χ4n) is 2.77. The zero-order valence-corrected chi connectivity index (χ0v) is 10.2. The smallest absolute Gasteiger partial charge is 0.151 e. The van der Waals surface area contributed by atoms with Crippen LogP contribution < -0.4 is 0 Å². The lowest BCUT2D eigenvalue weighted by molar-refractivity contribution is 0.0281. The lowest BCUT2D eigenvalue weighted by Crippen LogP contribution is -2.37. The molecule has 3 nitrogen and oxygen atoms in total. The van der Waals surface area contributed by atoms with E-state index in [4.69, 9.17) is 4.74 Å². The van der Waals surface area contributed by atoms with E-state index in [2.05, 4.69) is 18.4 Å². The maximum atomic E-state index is 10.9. The number of carbonyl (C=O) groups excluding carboxylic acids is 1. The van der Waals surface area contributed by atoms with Gasteiger partial charge in [0.1, 0.15) is 0 Å². The second kappa shape index (κ2) is 4.06. The lowest BCUT2D eigenvalue weighted by Gasteiger charge is -2.37. The first-order valence-electron chi connectivity index (χ1n) is 5.81. The van der Waals surface area contributed by atoms with Crippen molar-refractivity contribution in [3.63, 3.8) is 0 Å². The van der Waals surface area contributed by atoms with Crippen molar-refractivity contribution >= 4 is 6.29 Å². The van der Waals surface area contributed by atoms with Gasteiger partial charge in [0.2, 0.25) is 0 Å². The third-order valence-corrected chi connectivity index (χ3v) is 3.71. The Morgan fingerprint density at radius 1 is 1.38 bits per heavy atom. The van der Waals surface area contributed by atoms with Crippen LogP contribution in [-0.2, 0) is 10.3 Å². The predicted octanol–water partition coefficient (Wildman–Crippen LogP) is 2.44. The molecule has 1 aliphatic rings. The molecule has 0 spiro atoms. The molecule has 0 bridgehead atoms. The van der Waals surface area contributed by atoms with Crippen LogP contribution in [0.4, 0.5) is 0 Å². The molecule has 2 rings (SSSR count). The molecule has 1 aromatic heterocycles. The van der Waals surface area contributed by atoms with Crippen LogP contribution in [0.2, 0.25) is 0 Å². The zero-order valence-electron chi connectivity index (χ0n) is 10.2. The number of nitrogens with zero attached hydrogens (tertiary/aromatic N) is 1. The Hall–Kier alpha value is -1.09. The average molecular weight is 221 g/mol. The molecule has 1 aromatic rings. The van der Waals surface area contributed by atoms with Gasteiger partial charge in [-0.05, 0) is 39.7 Å². The van der Waals surface area contributed by atoms with Crippen LogP contribution in [-0.4, -0.2) is 24.1 Å². The van der Waals surface area contributed by atoms with Gasteiger partial charge in [-0.15, -0.1) is 0 Å². The molecule has 0 amide bonds. The summed E-state index contributed by atoms with van der Waals surface area (Å²) in [4.78, 5) is 10.9. The van der Waals surface area contributed by atoms with E-state index in [-0.39, 0.29) is 5.54 Å². The van der Waals surface area contributed by atoms with Gasteiger partial charge in [-0.2, -0.15) is 0 Å². The number of aldehydes is 1. The summed E-state index contributed by atoms with van der Waals surface area (Å²) >= 11 is 0. The van der Waals surface area contributed by atoms with Crippen molar-refractivity contribution in [3.8, 4) is 0 Å². The van der Waals surface area contributed by atoms with E-state index in [0.717, 1.165) is 43.6 Å². The molecular formula is C13H19NO2. The Balaban J connectivity index is 2.45. The number of carbonyl (C=O) groups is 1. The predicted molar refractivity (Wildman–Crippen MR) is 63.0 cm³/mol. The normalized spacial score (nSPS) is 19.7. The van der Waals surface area contributed by atoms with Gasteiger partial charge in [0.05, 0.1) is 0 Å². The van der Waals surface area contributed by atoms with Crippen LogP contribution in [0.3, 0.4) is 0 Å². The van der Waals surface area contributed by atoms with Crippen LogP contribution in [0.25, 0.3) is 0 Å². The highest BCUT2D eigenvalue weighted by Crippen LogP contribution is 2.32. The van der Waals surface area contributed by atoms with Crippen LogP contribution in [0, 0.1) is 13.8 Å². The molecule has 0 aromatic carbocycles. The van der Waals surface area contributed by atoms with Crippen LogP contribution >= 0.6 is 0 Å². The number of hydrogen-bond acceptors (Lipinski definition) is 2. The van der Waals surface area contributed by atoms with Crippen molar-refractivity contribution in [2.75, 3.05) is 13.2 Å². The highest BCUT2D eigenvalue weighted by molar-refractivity contribution is 5.77. The van der Waals surface area contributed by atoms with Crippen LogP contribution in [0.15, 0.2) is 6.07 Å². The first kappa shape index (κ1) is 11.4. The third-order valence-electron chi connectivity index (χ3n) is 3.71. The third kappa shape index (κ3) is 1.69. The highest BCUT2D eigenvalue weighted by atomic mass is 16.5. The Morgan fingerprint density at radius 3 is 2.50 bits per heavy atom. The second-order valence-corrected chi connectivity index (χ2v) is 4.89. The minimum Gasteiger partial charge on any atom is -0.381 e. The van der Waals surface area contributed by atoms with Gasteiger partial charge in [-0.3, -0.25) is 4.79 Å². The van der Waals surface area contributed by atoms with Crippen molar-refractivity contribution < 1.29 is 9.53 Å². The van der Waals surface area contributed by atoms with Gasteiger partial charge in [-0.25, -0.2) is 0 Å². The molecule has 88 valence electrons. The minimum absolute atomic E-state index is 0.105. The molecule has 16 heavy (non-hydrogen) atoms. The molecule has 1 saturated heterocycles. The molecule has 0 N–H and O–H groups in total. The van der Waals surface area contributed by atoms with E-state index in [0.29, 0.717) is 0 Å². The summed E-state index contributed by atoms with van der Waals surface area (Å²) in [5, 5.41) is 0. The maximum absolute atomic E-state index is 10.9. The van der Waals surface area contributed by atoms with E-state index >= 15 is 0 Å². The van der Waals surface area contributed by atoms with Gasteiger partial charge >= 0.3 is 0 Å². The Kier molecular flexibility index (Phi) is 2.89. The van der Waals surface area contributed by atoms with Crippen molar-refractivity contribution in [1.29, 1.82) is 0 Å². The standard InChI is InChI=1S/C13H19NO2/c1-10-8-12(9-15)11(2)14(10)13(3)4-6-16-7-5-13/h8-9H,4-7H2,1-3H3. The zero-order chi connectivity index (χ0) is 11.8. The minimum atomic E-state index is 0.105. The van der Waals surface area contributed by atoms with E-state index in [1.165, 1.54) is 5.69 Å². The SMILES string of the molecule is Cc1cc(C=O)c(C)n1C1(C)CCOCC1. The van der Waals surface area contributed by atoms with E-state index in [1.807, 2.05) is 13.0 Å². The van der Waals surface area contributed by atoms with Crippen molar-refractivity contribution in [1.82, 2.24) is 4.57 Å². The molecule has 0 atom stereocenters. The summed E-state index contributed by atoms with van der Waals surface area (Å²) in [6, 6.07) is 1.98. The molecule has 1 fully saturated rings. The number of ether oxygens (including phenoxy) is 1. The monoisotopic (exact) mass is 221 g/mol. The quantitative estimate of drug-likeness (QED) is 0.718. The average Bonchev–Trinajstić information content (AvgIpc) is 2.55. The summed E-state index contributed by atoms with van der Waals surface area (Å²) in [6.07, 6.45) is 2.98. The van der Waals surface area contributed by atoms with Gasteiger partial charge < -0.3 is 9.30 Å². The molecule has 2 heterocycles. The molecule has 3 heteroatoms. The maximum Gasteiger partial charge on any atom is 0.151 e. The number of aromatic nitrogens is 1. The molecule has 0 radical (unpaired) electrons. The fraction of sp³-hybridized carbons (Fsp3) is 0.615. The van der Waals surface area contributed by atoms with Gasteiger partial charge in [0.15, 0.2) is 6.29 Å². The summed E-state index contributed by atoms with van der Waals surface area (Å²) in [5.41, 5.74) is 3.17.